The Morgan fingerprint density at radius 3 is 2.88 bits per heavy atom. The van der Waals surface area contributed by atoms with Crippen molar-refractivity contribution in [1.82, 2.24) is 19.6 Å². The molecule has 5 nitrogen and oxygen atoms in total. The molecule has 0 radical (unpaired) electrons. The van der Waals surface area contributed by atoms with Crippen LogP contribution in [-0.2, 0) is 19.3 Å². The first-order valence-electron chi connectivity index (χ1n) is 8.98. The third-order valence-corrected chi connectivity index (χ3v) is 6.49. The third-order valence-electron chi connectivity index (χ3n) is 5.29. The van der Waals surface area contributed by atoms with Crippen molar-refractivity contribution in [2.75, 3.05) is 7.11 Å². The van der Waals surface area contributed by atoms with E-state index in [9.17, 15) is 0 Å². The summed E-state index contributed by atoms with van der Waals surface area (Å²) in [6.07, 6.45) is 6.16. The number of aryl methyl sites for hydroxylation is 1. The van der Waals surface area contributed by atoms with Crippen molar-refractivity contribution in [3.05, 3.63) is 52.4 Å². The fraction of sp³-hybridized carbons (Fsp3) is 0.350. The molecule has 3 heterocycles. The number of ether oxygens (including phenoxy) is 1. The molecule has 1 unspecified atom stereocenters. The molecule has 132 valence electrons. The largest absolute Gasteiger partial charge is 0.497 e. The van der Waals surface area contributed by atoms with E-state index in [1.54, 1.807) is 7.11 Å². The normalized spacial score (nSPS) is 16.9. The number of thiophene rings is 1. The minimum absolute atomic E-state index is 0.723. The van der Waals surface area contributed by atoms with Crippen LogP contribution in [0.1, 0.15) is 35.2 Å². The van der Waals surface area contributed by atoms with Crippen LogP contribution in [0.3, 0.4) is 0 Å². The Bertz CT molecular complexity index is 1100. The number of hydrogen-bond donors (Lipinski definition) is 0. The van der Waals surface area contributed by atoms with Crippen molar-refractivity contribution in [1.29, 1.82) is 0 Å². The third kappa shape index (κ3) is 2.48. The highest BCUT2D eigenvalue weighted by Crippen LogP contribution is 2.38. The van der Waals surface area contributed by atoms with Gasteiger partial charge in [0.05, 0.1) is 12.5 Å². The van der Waals surface area contributed by atoms with Crippen molar-refractivity contribution in [2.24, 2.45) is 5.92 Å². The number of rotatable bonds is 3. The van der Waals surface area contributed by atoms with Crippen LogP contribution in [0.5, 0.6) is 5.75 Å². The highest BCUT2D eigenvalue weighted by molar-refractivity contribution is 7.19. The first-order chi connectivity index (χ1) is 12.7. The SMILES string of the molecule is COc1ccc(Cc2nnc3c4c5c(sc4ncn23)CCC(C)C5)cc1. The number of benzene rings is 1. The van der Waals surface area contributed by atoms with Gasteiger partial charge in [-0.3, -0.25) is 4.40 Å². The Kier molecular flexibility index (Phi) is 3.67. The lowest BCUT2D eigenvalue weighted by molar-refractivity contribution is 0.414. The van der Waals surface area contributed by atoms with Crippen molar-refractivity contribution in [2.45, 2.75) is 32.6 Å². The zero-order chi connectivity index (χ0) is 17.7. The quantitative estimate of drug-likeness (QED) is 0.550. The van der Waals surface area contributed by atoms with Crippen LogP contribution in [-0.4, -0.2) is 26.7 Å². The van der Waals surface area contributed by atoms with E-state index in [-0.39, 0.29) is 0 Å². The minimum Gasteiger partial charge on any atom is -0.497 e. The predicted octanol–water partition coefficient (Wildman–Crippen LogP) is 4.06. The molecule has 0 bridgehead atoms. The van der Waals surface area contributed by atoms with Gasteiger partial charge in [-0.25, -0.2) is 4.98 Å². The predicted molar refractivity (Wildman–Crippen MR) is 103 cm³/mol. The second-order valence-electron chi connectivity index (χ2n) is 7.11. The van der Waals surface area contributed by atoms with E-state index in [0.29, 0.717) is 0 Å². The number of methoxy groups -OCH3 is 1. The van der Waals surface area contributed by atoms with Crippen LogP contribution in [0.25, 0.3) is 15.9 Å². The molecule has 4 aromatic rings. The van der Waals surface area contributed by atoms with Gasteiger partial charge < -0.3 is 4.74 Å². The number of hydrogen-bond acceptors (Lipinski definition) is 5. The molecular weight excluding hydrogens is 344 g/mol. The van der Waals surface area contributed by atoms with E-state index in [0.717, 1.165) is 47.2 Å². The standard InChI is InChI=1S/C20H20N4OS/c1-12-3-8-16-15(9-12)18-19-23-22-17(24(19)11-21-20(18)26-16)10-13-4-6-14(25-2)7-5-13/h4-7,11-12H,3,8-10H2,1-2H3. The van der Waals surface area contributed by atoms with Crippen LogP contribution in [0.4, 0.5) is 0 Å². The molecule has 0 amide bonds. The topological polar surface area (TPSA) is 52.3 Å². The molecule has 26 heavy (non-hydrogen) atoms. The molecule has 5 rings (SSSR count). The monoisotopic (exact) mass is 364 g/mol. The molecular formula is C20H20N4OS. The smallest absolute Gasteiger partial charge is 0.172 e. The Morgan fingerprint density at radius 2 is 2.08 bits per heavy atom. The van der Waals surface area contributed by atoms with Gasteiger partial charge in [-0.1, -0.05) is 19.1 Å². The summed E-state index contributed by atoms with van der Waals surface area (Å²) in [5.74, 6) is 2.51. The Hall–Kier alpha value is -2.47. The van der Waals surface area contributed by atoms with Gasteiger partial charge >= 0.3 is 0 Å². The summed E-state index contributed by atoms with van der Waals surface area (Å²) in [7, 11) is 1.68. The van der Waals surface area contributed by atoms with Gasteiger partial charge in [0.15, 0.2) is 5.65 Å². The van der Waals surface area contributed by atoms with E-state index >= 15 is 0 Å². The number of nitrogens with zero attached hydrogens (tertiary/aromatic N) is 4. The van der Waals surface area contributed by atoms with Crippen molar-refractivity contribution in [3.8, 4) is 5.75 Å². The Labute approximate surface area is 155 Å². The number of fused-ring (bicyclic) bond motifs is 5. The molecule has 0 aliphatic heterocycles. The fourth-order valence-corrected chi connectivity index (χ4v) is 5.02. The summed E-state index contributed by atoms with van der Waals surface area (Å²) in [5, 5.41) is 10.2. The van der Waals surface area contributed by atoms with E-state index < -0.39 is 0 Å². The lowest BCUT2D eigenvalue weighted by Crippen LogP contribution is -2.09. The average Bonchev–Trinajstić information content (AvgIpc) is 3.23. The number of aromatic nitrogens is 4. The summed E-state index contributed by atoms with van der Waals surface area (Å²) in [6.45, 7) is 2.33. The second-order valence-corrected chi connectivity index (χ2v) is 8.19. The van der Waals surface area contributed by atoms with Gasteiger partial charge in [0.2, 0.25) is 0 Å². The fourth-order valence-electron chi connectivity index (χ4n) is 3.84. The molecule has 1 atom stereocenters. The van der Waals surface area contributed by atoms with Crippen LogP contribution in [0.15, 0.2) is 30.6 Å². The van der Waals surface area contributed by atoms with Gasteiger partial charge in [-0.2, -0.15) is 0 Å². The molecule has 0 saturated carbocycles. The van der Waals surface area contributed by atoms with Crippen molar-refractivity contribution >= 4 is 27.2 Å². The zero-order valence-corrected chi connectivity index (χ0v) is 15.7. The van der Waals surface area contributed by atoms with Crippen LogP contribution in [0, 0.1) is 5.92 Å². The lowest BCUT2D eigenvalue weighted by Gasteiger charge is -2.17. The van der Waals surface area contributed by atoms with E-state index in [4.69, 9.17) is 9.72 Å². The van der Waals surface area contributed by atoms with Crippen molar-refractivity contribution < 1.29 is 4.74 Å². The van der Waals surface area contributed by atoms with Gasteiger partial charge in [0.1, 0.15) is 22.7 Å². The first-order valence-corrected chi connectivity index (χ1v) is 9.80. The molecule has 3 aromatic heterocycles. The van der Waals surface area contributed by atoms with Crippen LogP contribution in [0.2, 0.25) is 0 Å². The Morgan fingerprint density at radius 1 is 1.23 bits per heavy atom. The summed E-state index contributed by atoms with van der Waals surface area (Å²) >= 11 is 1.83. The molecule has 0 N–H and O–H groups in total. The molecule has 1 aliphatic carbocycles. The maximum atomic E-state index is 5.23. The van der Waals surface area contributed by atoms with Gasteiger partial charge in [0.25, 0.3) is 0 Å². The van der Waals surface area contributed by atoms with Crippen LogP contribution < -0.4 is 4.74 Å². The van der Waals surface area contributed by atoms with E-state index in [2.05, 4.69) is 33.7 Å². The Balaban J connectivity index is 1.59. The summed E-state index contributed by atoms with van der Waals surface area (Å²) in [5.41, 5.74) is 3.58. The van der Waals surface area contributed by atoms with E-state index in [1.807, 2.05) is 29.8 Å². The average molecular weight is 364 g/mol. The summed E-state index contributed by atoms with van der Waals surface area (Å²) < 4.78 is 7.29. The van der Waals surface area contributed by atoms with Gasteiger partial charge in [-0.15, -0.1) is 21.5 Å². The first kappa shape index (κ1) is 15.8. The maximum absolute atomic E-state index is 5.23. The maximum Gasteiger partial charge on any atom is 0.172 e. The molecule has 0 saturated heterocycles. The van der Waals surface area contributed by atoms with Crippen LogP contribution >= 0.6 is 11.3 Å². The summed E-state index contributed by atoms with van der Waals surface area (Å²) in [4.78, 5) is 7.30. The lowest BCUT2D eigenvalue weighted by atomic mass is 9.89. The minimum atomic E-state index is 0.723. The highest BCUT2D eigenvalue weighted by Gasteiger charge is 2.23. The van der Waals surface area contributed by atoms with E-state index in [1.165, 1.54) is 27.8 Å². The molecule has 6 heteroatoms. The highest BCUT2D eigenvalue weighted by atomic mass is 32.1. The zero-order valence-electron chi connectivity index (χ0n) is 14.9. The molecule has 1 aromatic carbocycles. The second kappa shape index (κ2) is 6.06. The molecule has 0 fully saturated rings. The molecule has 0 spiro atoms. The van der Waals surface area contributed by atoms with Gasteiger partial charge in [0, 0.05) is 11.3 Å². The van der Waals surface area contributed by atoms with Crippen molar-refractivity contribution in [3.63, 3.8) is 0 Å². The summed E-state index contributed by atoms with van der Waals surface area (Å²) in [6, 6.07) is 8.09. The molecule has 1 aliphatic rings. The van der Waals surface area contributed by atoms with Gasteiger partial charge in [-0.05, 0) is 48.4 Å².